The first-order valence-electron chi connectivity index (χ1n) is 13.5. The first-order chi connectivity index (χ1) is 19.1. The summed E-state index contributed by atoms with van der Waals surface area (Å²) >= 11 is 0. The van der Waals surface area contributed by atoms with Crippen LogP contribution in [0, 0.1) is 18.8 Å². The highest BCUT2D eigenvalue weighted by molar-refractivity contribution is 6.25. The summed E-state index contributed by atoms with van der Waals surface area (Å²) in [6.07, 6.45) is 1.95. The third kappa shape index (κ3) is 3.22. The third-order valence-electron chi connectivity index (χ3n) is 8.61. The van der Waals surface area contributed by atoms with Gasteiger partial charge >= 0.3 is 0 Å². The lowest BCUT2D eigenvalue weighted by molar-refractivity contribution is -0.122. The number of hydrogen-bond acceptors (Lipinski definition) is 4. The number of anilines is 1. The van der Waals surface area contributed by atoms with Crippen molar-refractivity contribution >= 4 is 29.4 Å². The Labute approximate surface area is 227 Å². The molecule has 4 aromatic rings. The van der Waals surface area contributed by atoms with Gasteiger partial charge in [-0.1, -0.05) is 66.7 Å². The smallest absolute Gasteiger partial charge is 0.239 e. The van der Waals surface area contributed by atoms with Crippen LogP contribution in [0.4, 0.5) is 11.4 Å². The molecule has 2 amide bonds. The highest BCUT2D eigenvalue weighted by Gasteiger charge is 2.67. The van der Waals surface area contributed by atoms with Crippen LogP contribution in [0.1, 0.15) is 40.7 Å². The molecule has 2 bridgehead atoms. The average Bonchev–Trinajstić information content (AvgIpc) is 3.24. The minimum atomic E-state index is -0.873. The largest absolute Gasteiger partial charge is 0.494 e. The molecule has 1 saturated heterocycles. The maximum absolute atomic E-state index is 14.5. The van der Waals surface area contributed by atoms with Gasteiger partial charge in [0.1, 0.15) is 5.75 Å². The van der Waals surface area contributed by atoms with E-state index < -0.39 is 17.3 Å². The zero-order valence-electron chi connectivity index (χ0n) is 21.9. The third-order valence-corrected chi connectivity index (χ3v) is 8.61. The lowest BCUT2D eigenvalue weighted by Crippen LogP contribution is -2.54. The minimum absolute atomic E-state index is 0.156. The van der Waals surface area contributed by atoms with E-state index in [4.69, 9.17) is 9.73 Å². The van der Waals surface area contributed by atoms with Gasteiger partial charge in [-0.05, 0) is 72.0 Å². The number of rotatable bonds is 5. The molecule has 4 aromatic carbocycles. The molecule has 8 rings (SSSR count). The normalized spacial score (nSPS) is 24.6. The predicted molar refractivity (Wildman–Crippen MR) is 152 cm³/mol. The number of carbonyl (C=O) groups excluding carboxylic acids is 2. The quantitative estimate of drug-likeness (QED) is 0.231. The van der Waals surface area contributed by atoms with Crippen LogP contribution in [0.3, 0.4) is 0 Å². The molecule has 1 heterocycles. The minimum Gasteiger partial charge on any atom is -0.494 e. The molecular weight excluding hydrogens is 484 g/mol. The molecule has 3 aliphatic carbocycles. The Balaban J connectivity index is 1.46. The second kappa shape index (κ2) is 8.77. The van der Waals surface area contributed by atoms with Crippen LogP contribution in [0.25, 0.3) is 0 Å². The monoisotopic (exact) mass is 512 g/mol. The molecule has 39 heavy (non-hydrogen) atoms. The molecule has 1 aliphatic heterocycles. The van der Waals surface area contributed by atoms with Crippen molar-refractivity contribution < 1.29 is 14.3 Å². The molecular formula is C34H28N2O3. The number of ether oxygens (including phenoxy) is 1. The van der Waals surface area contributed by atoms with E-state index in [0.717, 1.165) is 33.5 Å². The average molecular weight is 513 g/mol. The molecule has 0 saturated carbocycles. The summed E-state index contributed by atoms with van der Waals surface area (Å²) in [5, 5.41) is 0. The number of aryl methyl sites for hydroxylation is 1. The fourth-order valence-corrected chi connectivity index (χ4v) is 7.04. The van der Waals surface area contributed by atoms with Gasteiger partial charge in [0.25, 0.3) is 0 Å². The number of amides is 2. The highest BCUT2D eigenvalue weighted by Crippen LogP contribution is 2.63. The second-order valence-corrected chi connectivity index (χ2v) is 10.5. The topological polar surface area (TPSA) is 59.0 Å². The standard InChI is InChI=1S/C34H28N2O3/c1-3-39-23-18-16-22(17-19-23)36-32(37)30-29-24-11-5-7-13-26(24)34(31(30)33(36)38,27-14-8-6-12-25(27)29)20-35-28-15-9-4-10-21(28)2/h4-20,29-31H,3H2,1-2H3/t29?,30-,31-,34?/m0/s1. The van der Waals surface area contributed by atoms with Crippen LogP contribution in [0.15, 0.2) is 102 Å². The van der Waals surface area contributed by atoms with E-state index in [2.05, 4.69) is 24.3 Å². The predicted octanol–water partition coefficient (Wildman–Crippen LogP) is 6.35. The van der Waals surface area contributed by atoms with Crippen molar-refractivity contribution in [3.63, 3.8) is 0 Å². The molecule has 192 valence electrons. The van der Waals surface area contributed by atoms with Crippen molar-refractivity contribution in [3.05, 3.63) is 125 Å². The molecule has 5 heteroatoms. The van der Waals surface area contributed by atoms with E-state index in [1.54, 1.807) is 12.1 Å². The number of nitrogens with zero attached hydrogens (tertiary/aromatic N) is 2. The fraction of sp³-hybridized carbons (Fsp3) is 0.206. The van der Waals surface area contributed by atoms with Gasteiger partial charge in [-0.3, -0.25) is 14.6 Å². The Morgan fingerprint density at radius 3 is 2.08 bits per heavy atom. The fourth-order valence-electron chi connectivity index (χ4n) is 7.04. The van der Waals surface area contributed by atoms with Gasteiger partial charge in [-0.15, -0.1) is 0 Å². The molecule has 2 atom stereocenters. The molecule has 0 N–H and O–H groups in total. The van der Waals surface area contributed by atoms with Crippen molar-refractivity contribution in [2.45, 2.75) is 25.2 Å². The summed E-state index contributed by atoms with van der Waals surface area (Å²) in [4.78, 5) is 35.2. The summed E-state index contributed by atoms with van der Waals surface area (Å²) in [7, 11) is 0. The van der Waals surface area contributed by atoms with Crippen LogP contribution in [0.5, 0.6) is 5.75 Å². The summed E-state index contributed by atoms with van der Waals surface area (Å²) < 4.78 is 5.59. The summed E-state index contributed by atoms with van der Waals surface area (Å²) in [5.74, 6) is -0.938. The van der Waals surface area contributed by atoms with Crippen molar-refractivity contribution in [2.75, 3.05) is 11.5 Å². The summed E-state index contributed by atoms with van der Waals surface area (Å²) in [6, 6.07) is 31.7. The van der Waals surface area contributed by atoms with Gasteiger partial charge in [0.05, 0.1) is 35.2 Å². The van der Waals surface area contributed by atoms with E-state index in [0.29, 0.717) is 18.0 Å². The Hall–Kier alpha value is -4.51. The summed E-state index contributed by atoms with van der Waals surface area (Å²) in [6.45, 7) is 4.51. The SMILES string of the molecule is CCOc1ccc(N2C(=O)[C@@H]3[C@@H](C2=O)C2c4ccccc4C3(C=Nc3ccccc3C)c3ccccc32)cc1. The van der Waals surface area contributed by atoms with Crippen LogP contribution >= 0.6 is 0 Å². The molecule has 0 unspecified atom stereocenters. The van der Waals surface area contributed by atoms with Gasteiger partial charge in [0.15, 0.2) is 0 Å². The number of carbonyl (C=O) groups is 2. The maximum Gasteiger partial charge on any atom is 0.239 e. The number of para-hydroxylation sites is 1. The van der Waals surface area contributed by atoms with Crippen molar-refractivity contribution in [3.8, 4) is 5.75 Å². The van der Waals surface area contributed by atoms with E-state index in [1.807, 2.05) is 80.7 Å². The second-order valence-electron chi connectivity index (χ2n) is 10.5. The van der Waals surface area contributed by atoms with Crippen LogP contribution < -0.4 is 9.64 Å². The number of hydrogen-bond donors (Lipinski definition) is 0. The van der Waals surface area contributed by atoms with Gasteiger partial charge in [0.2, 0.25) is 11.8 Å². The van der Waals surface area contributed by atoms with E-state index in [1.165, 1.54) is 4.90 Å². The molecule has 4 aliphatic rings. The Morgan fingerprint density at radius 1 is 0.821 bits per heavy atom. The molecule has 0 spiro atoms. The number of benzene rings is 4. The molecule has 1 fully saturated rings. The van der Waals surface area contributed by atoms with Gasteiger partial charge in [0, 0.05) is 12.1 Å². The van der Waals surface area contributed by atoms with Crippen LogP contribution in [0.2, 0.25) is 0 Å². The Morgan fingerprint density at radius 2 is 1.44 bits per heavy atom. The number of imide groups is 1. The van der Waals surface area contributed by atoms with Gasteiger partial charge in [-0.25, -0.2) is 4.90 Å². The zero-order valence-corrected chi connectivity index (χ0v) is 21.9. The van der Waals surface area contributed by atoms with Gasteiger partial charge in [-0.2, -0.15) is 0 Å². The van der Waals surface area contributed by atoms with E-state index in [-0.39, 0.29) is 17.7 Å². The van der Waals surface area contributed by atoms with Crippen molar-refractivity contribution in [1.29, 1.82) is 0 Å². The van der Waals surface area contributed by atoms with Gasteiger partial charge < -0.3 is 4.74 Å². The molecule has 0 aromatic heterocycles. The Kier molecular flexibility index (Phi) is 5.31. The lowest BCUT2D eigenvalue weighted by atomic mass is 9.47. The first kappa shape index (κ1) is 23.6. The summed E-state index contributed by atoms with van der Waals surface area (Å²) in [5.41, 5.74) is 5.92. The lowest BCUT2D eigenvalue weighted by Gasteiger charge is -2.52. The van der Waals surface area contributed by atoms with Crippen molar-refractivity contribution in [2.24, 2.45) is 16.8 Å². The molecule has 5 nitrogen and oxygen atoms in total. The zero-order chi connectivity index (χ0) is 26.7. The van der Waals surface area contributed by atoms with E-state index >= 15 is 0 Å². The highest BCUT2D eigenvalue weighted by atomic mass is 16.5. The first-order valence-corrected chi connectivity index (χ1v) is 13.5. The maximum atomic E-state index is 14.5. The van der Waals surface area contributed by atoms with Crippen molar-refractivity contribution in [1.82, 2.24) is 0 Å². The number of aliphatic imine (C=N–C) groups is 1. The van der Waals surface area contributed by atoms with Crippen LogP contribution in [-0.4, -0.2) is 24.6 Å². The van der Waals surface area contributed by atoms with E-state index in [9.17, 15) is 9.59 Å². The molecule has 0 radical (unpaired) electrons. The Bertz CT molecular complexity index is 1610. The van der Waals surface area contributed by atoms with Crippen LogP contribution in [-0.2, 0) is 15.0 Å².